The average molecular weight is 431 g/mol. The zero-order valence-corrected chi connectivity index (χ0v) is 21.4. The second kappa shape index (κ2) is 21.1. The van der Waals surface area contributed by atoms with Crippen molar-refractivity contribution < 1.29 is 9.90 Å². The van der Waals surface area contributed by atoms with Gasteiger partial charge in [0, 0.05) is 0 Å². The van der Waals surface area contributed by atoms with Gasteiger partial charge in [-0.05, 0) is 0 Å². The molecule has 0 saturated heterocycles. The average Bonchev–Trinajstić information content (AvgIpc) is 2.69. The van der Waals surface area contributed by atoms with Crippen LogP contribution in [0.1, 0.15) is 136 Å². The minimum atomic E-state index is -1.66. The molecule has 176 valence electrons. The van der Waals surface area contributed by atoms with Gasteiger partial charge in [0.05, 0.1) is 0 Å². The Labute approximate surface area is 184 Å². The molecule has 2 nitrogen and oxygen atoms in total. The van der Waals surface area contributed by atoms with Gasteiger partial charge in [-0.15, -0.1) is 0 Å². The van der Waals surface area contributed by atoms with Gasteiger partial charge in [0.2, 0.25) is 0 Å². The molecule has 0 saturated carbocycles. The SMILES string of the molecule is CCCCCCCC[PH](CCCCCCCC)(CCCCCCCC)CC(=O)O. The van der Waals surface area contributed by atoms with Crippen LogP contribution in [0.4, 0.5) is 0 Å². The molecular weight excluding hydrogens is 375 g/mol. The van der Waals surface area contributed by atoms with E-state index in [0.717, 1.165) is 0 Å². The van der Waals surface area contributed by atoms with E-state index in [1.807, 2.05) is 0 Å². The number of carboxylic acids is 1. The van der Waals surface area contributed by atoms with E-state index in [1.54, 1.807) is 0 Å². The van der Waals surface area contributed by atoms with Crippen LogP contribution >= 0.6 is 7.26 Å². The molecule has 0 aliphatic rings. The maximum atomic E-state index is 11.8. The van der Waals surface area contributed by atoms with Crippen LogP contribution in [0.15, 0.2) is 0 Å². The monoisotopic (exact) mass is 430 g/mol. The maximum absolute atomic E-state index is 11.8. The zero-order valence-electron chi connectivity index (χ0n) is 20.4. The van der Waals surface area contributed by atoms with Gasteiger partial charge in [-0.1, -0.05) is 0 Å². The van der Waals surface area contributed by atoms with Crippen molar-refractivity contribution in [3.63, 3.8) is 0 Å². The number of aliphatic carboxylic acids is 1. The van der Waals surface area contributed by atoms with Crippen LogP contribution in [-0.4, -0.2) is 35.7 Å². The van der Waals surface area contributed by atoms with Crippen LogP contribution in [0.3, 0.4) is 0 Å². The molecule has 0 aromatic heterocycles. The third kappa shape index (κ3) is 18.4. The summed E-state index contributed by atoms with van der Waals surface area (Å²) in [5.74, 6) is -0.514. The van der Waals surface area contributed by atoms with Gasteiger partial charge < -0.3 is 0 Å². The first-order chi connectivity index (χ1) is 14.1. The Morgan fingerprint density at radius 2 is 0.793 bits per heavy atom. The Morgan fingerprint density at radius 3 is 1.07 bits per heavy atom. The van der Waals surface area contributed by atoms with Crippen LogP contribution in [0.5, 0.6) is 0 Å². The summed E-state index contributed by atoms with van der Waals surface area (Å²) in [6.07, 6.45) is 28.3. The molecule has 0 spiro atoms. The van der Waals surface area contributed by atoms with Crippen molar-refractivity contribution in [1.82, 2.24) is 0 Å². The molecule has 0 fully saturated rings. The van der Waals surface area contributed by atoms with Crippen molar-refractivity contribution in [2.45, 2.75) is 136 Å². The number of hydrogen-bond donors (Lipinski definition) is 1. The second-order valence-electron chi connectivity index (χ2n) is 9.62. The first-order valence-electron chi connectivity index (χ1n) is 13.3. The van der Waals surface area contributed by atoms with E-state index in [0.29, 0.717) is 6.16 Å². The van der Waals surface area contributed by atoms with Crippen molar-refractivity contribution in [3.8, 4) is 0 Å². The predicted octanol–water partition coefficient (Wildman–Crippen LogP) is 8.90. The van der Waals surface area contributed by atoms with E-state index in [-0.39, 0.29) is 0 Å². The fraction of sp³-hybridized carbons (Fsp3) is 0.962. The number of hydrogen-bond acceptors (Lipinski definition) is 1. The van der Waals surface area contributed by atoms with Crippen molar-refractivity contribution in [2.24, 2.45) is 0 Å². The molecule has 0 atom stereocenters. The minimum absolute atomic E-state index is 0.514. The molecule has 0 radical (unpaired) electrons. The molecule has 0 amide bonds. The first kappa shape index (κ1) is 28.9. The molecule has 1 N–H and O–H groups in total. The van der Waals surface area contributed by atoms with Crippen molar-refractivity contribution >= 4 is 13.2 Å². The van der Waals surface area contributed by atoms with Crippen molar-refractivity contribution in [2.75, 3.05) is 24.6 Å². The first-order valence-corrected chi connectivity index (χ1v) is 16.1. The van der Waals surface area contributed by atoms with Gasteiger partial charge in [0.15, 0.2) is 0 Å². The number of carbonyl (C=O) groups is 1. The third-order valence-corrected chi connectivity index (χ3v) is 12.0. The van der Waals surface area contributed by atoms with E-state index in [9.17, 15) is 9.90 Å². The number of carboxylic acid groups (broad SMARTS) is 1. The van der Waals surface area contributed by atoms with Gasteiger partial charge in [0.25, 0.3) is 0 Å². The van der Waals surface area contributed by atoms with E-state index in [1.165, 1.54) is 134 Å². The quantitative estimate of drug-likeness (QED) is 0.130. The molecule has 0 aliphatic heterocycles. The summed E-state index contributed by atoms with van der Waals surface area (Å²) in [7, 11) is -1.66. The Hall–Kier alpha value is -0.100. The summed E-state index contributed by atoms with van der Waals surface area (Å²) in [6.45, 7) is 6.81. The summed E-state index contributed by atoms with van der Waals surface area (Å²) >= 11 is 0. The third-order valence-electron chi connectivity index (χ3n) is 6.71. The molecule has 3 heteroatoms. The molecule has 0 aromatic carbocycles. The van der Waals surface area contributed by atoms with E-state index in [4.69, 9.17) is 0 Å². The zero-order chi connectivity index (χ0) is 21.6. The van der Waals surface area contributed by atoms with Crippen LogP contribution < -0.4 is 0 Å². The normalized spacial score (nSPS) is 12.4. The molecular formula is C26H55O2P. The van der Waals surface area contributed by atoms with Crippen molar-refractivity contribution in [3.05, 3.63) is 0 Å². The topological polar surface area (TPSA) is 37.3 Å². The molecule has 0 bridgehead atoms. The second-order valence-corrected chi connectivity index (χ2v) is 14.5. The Balaban J connectivity index is 4.59. The Kier molecular flexibility index (Phi) is 21.1. The fourth-order valence-corrected chi connectivity index (χ4v) is 9.72. The predicted molar refractivity (Wildman–Crippen MR) is 136 cm³/mol. The van der Waals surface area contributed by atoms with Crippen LogP contribution in [0.25, 0.3) is 0 Å². The standard InChI is InChI=1S/C26H55O2P/c1-4-7-10-13-16-19-22-29(25-26(27)28,23-20-17-14-11-8-5-2)24-21-18-15-12-9-6-3/h29H,4-25H2,1-3H3,(H,27,28). The number of unbranched alkanes of at least 4 members (excludes halogenated alkanes) is 15. The Bertz CT molecular complexity index is 316. The summed E-state index contributed by atoms with van der Waals surface area (Å²) in [5, 5.41) is 9.70. The van der Waals surface area contributed by atoms with E-state index < -0.39 is 13.2 Å². The van der Waals surface area contributed by atoms with E-state index in [2.05, 4.69) is 20.8 Å². The van der Waals surface area contributed by atoms with E-state index >= 15 is 0 Å². The molecule has 29 heavy (non-hydrogen) atoms. The van der Waals surface area contributed by atoms with Crippen molar-refractivity contribution in [1.29, 1.82) is 0 Å². The summed E-state index contributed by atoms with van der Waals surface area (Å²) in [5.41, 5.74) is 0. The van der Waals surface area contributed by atoms with Gasteiger partial charge in [-0.25, -0.2) is 0 Å². The van der Waals surface area contributed by atoms with Crippen LogP contribution in [0.2, 0.25) is 0 Å². The fourth-order valence-electron chi connectivity index (χ4n) is 4.80. The molecule has 0 aromatic rings. The van der Waals surface area contributed by atoms with Gasteiger partial charge in [0.1, 0.15) is 0 Å². The van der Waals surface area contributed by atoms with Crippen LogP contribution in [0, 0.1) is 0 Å². The molecule has 0 rings (SSSR count). The summed E-state index contributed by atoms with van der Waals surface area (Å²) < 4.78 is 0. The van der Waals surface area contributed by atoms with Gasteiger partial charge in [-0.2, -0.15) is 0 Å². The Morgan fingerprint density at radius 1 is 0.517 bits per heavy atom. The summed E-state index contributed by atoms with van der Waals surface area (Å²) in [4.78, 5) is 11.8. The molecule has 0 unspecified atom stereocenters. The van der Waals surface area contributed by atoms with Crippen LogP contribution in [-0.2, 0) is 4.79 Å². The summed E-state index contributed by atoms with van der Waals surface area (Å²) in [6, 6.07) is 0. The number of rotatable bonds is 23. The van der Waals surface area contributed by atoms with Gasteiger partial charge in [-0.3, -0.25) is 0 Å². The van der Waals surface area contributed by atoms with Gasteiger partial charge >= 0.3 is 184 Å². The molecule has 0 aliphatic carbocycles. The molecule has 0 heterocycles.